The Morgan fingerprint density at radius 3 is 2.43 bits per heavy atom. The number of nitrogens with one attached hydrogen (secondary N) is 1. The topological polar surface area (TPSA) is 86.1 Å². The Kier molecular flexibility index (Phi) is 7.62. The highest BCUT2D eigenvalue weighted by Gasteiger charge is 2.21. The van der Waals surface area contributed by atoms with Crippen molar-refractivity contribution in [2.24, 2.45) is 0 Å². The second kappa shape index (κ2) is 11.0. The van der Waals surface area contributed by atoms with E-state index in [1.54, 1.807) is 24.3 Å². The second-order valence-corrected chi connectivity index (χ2v) is 9.37. The SMILES string of the molecule is CC(=O)c1ccc(NC(=O)[C@@H](C)Sc2nnc(COc3cccc(C)c3)n2-c2ccccc2)cc1. The van der Waals surface area contributed by atoms with Crippen LogP contribution < -0.4 is 10.1 Å². The van der Waals surface area contributed by atoms with E-state index in [0.717, 1.165) is 17.0 Å². The molecule has 178 valence electrons. The highest BCUT2D eigenvalue weighted by atomic mass is 32.2. The predicted molar refractivity (Wildman–Crippen MR) is 137 cm³/mol. The third-order valence-electron chi connectivity index (χ3n) is 5.28. The minimum atomic E-state index is -0.445. The highest BCUT2D eigenvalue weighted by molar-refractivity contribution is 8.00. The third-order valence-corrected chi connectivity index (χ3v) is 6.33. The van der Waals surface area contributed by atoms with Crippen molar-refractivity contribution < 1.29 is 14.3 Å². The zero-order valence-electron chi connectivity index (χ0n) is 19.8. The summed E-state index contributed by atoms with van der Waals surface area (Å²) in [7, 11) is 0. The summed E-state index contributed by atoms with van der Waals surface area (Å²) in [6, 6.07) is 24.4. The first-order valence-electron chi connectivity index (χ1n) is 11.2. The number of carbonyl (C=O) groups excluding carboxylic acids is 2. The van der Waals surface area contributed by atoms with Crippen molar-refractivity contribution in [1.29, 1.82) is 0 Å². The molecular weight excluding hydrogens is 460 g/mol. The van der Waals surface area contributed by atoms with Gasteiger partial charge in [-0.05, 0) is 74.9 Å². The Morgan fingerprint density at radius 1 is 1.00 bits per heavy atom. The fraction of sp³-hybridized carbons (Fsp3) is 0.185. The first-order valence-corrected chi connectivity index (χ1v) is 12.1. The summed E-state index contributed by atoms with van der Waals surface area (Å²) < 4.78 is 7.88. The fourth-order valence-electron chi connectivity index (χ4n) is 3.40. The standard InChI is InChI=1S/C27H26N4O3S/c1-18-8-7-11-24(16-18)34-17-25-29-30-27(31(25)23-9-5-4-6-10-23)35-20(3)26(33)28-22-14-12-21(13-15-22)19(2)32/h4-16,20H,17H2,1-3H3,(H,28,33)/t20-/m1/s1. The number of benzene rings is 3. The van der Waals surface area contributed by atoms with Crippen LogP contribution in [0.2, 0.25) is 0 Å². The molecule has 1 heterocycles. The maximum absolute atomic E-state index is 12.9. The van der Waals surface area contributed by atoms with Gasteiger partial charge < -0.3 is 10.1 Å². The summed E-state index contributed by atoms with van der Waals surface area (Å²) in [5, 5.41) is 11.8. The van der Waals surface area contributed by atoms with Gasteiger partial charge in [0.05, 0.1) is 5.25 Å². The molecule has 4 rings (SSSR count). The molecule has 0 fully saturated rings. The molecule has 1 amide bonds. The molecule has 1 atom stereocenters. The van der Waals surface area contributed by atoms with Crippen LogP contribution in [0.1, 0.15) is 35.6 Å². The number of amides is 1. The number of ether oxygens (including phenoxy) is 1. The quantitative estimate of drug-likeness (QED) is 0.249. The van der Waals surface area contributed by atoms with Crippen molar-refractivity contribution >= 4 is 29.1 Å². The van der Waals surface area contributed by atoms with Crippen molar-refractivity contribution in [2.45, 2.75) is 37.8 Å². The van der Waals surface area contributed by atoms with Crippen LogP contribution in [0.4, 0.5) is 5.69 Å². The van der Waals surface area contributed by atoms with Crippen LogP contribution in [0, 0.1) is 6.92 Å². The smallest absolute Gasteiger partial charge is 0.237 e. The van der Waals surface area contributed by atoms with Crippen molar-refractivity contribution in [3.05, 3.63) is 95.8 Å². The van der Waals surface area contributed by atoms with E-state index >= 15 is 0 Å². The number of hydrogen-bond donors (Lipinski definition) is 1. The number of nitrogens with zero attached hydrogens (tertiary/aromatic N) is 3. The average Bonchev–Trinajstić information content (AvgIpc) is 3.26. The first kappa shape index (κ1) is 24.2. The highest BCUT2D eigenvalue weighted by Crippen LogP contribution is 2.27. The van der Waals surface area contributed by atoms with E-state index in [2.05, 4.69) is 15.5 Å². The number of para-hydroxylation sites is 1. The predicted octanol–water partition coefficient (Wildman–Crippen LogP) is 5.48. The van der Waals surface area contributed by atoms with Gasteiger partial charge in [0.2, 0.25) is 5.91 Å². The Morgan fingerprint density at radius 2 is 1.74 bits per heavy atom. The van der Waals surface area contributed by atoms with Crippen LogP contribution in [-0.2, 0) is 11.4 Å². The first-order chi connectivity index (χ1) is 16.9. The van der Waals surface area contributed by atoms with Gasteiger partial charge in [0.1, 0.15) is 12.4 Å². The molecule has 0 saturated heterocycles. The van der Waals surface area contributed by atoms with E-state index in [9.17, 15) is 9.59 Å². The number of thioether (sulfide) groups is 1. The van der Waals surface area contributed by atoms with E-state index in [1.165, 1.54) is 18.7 Å². The van der Waals surface area contributed by atoms with E-state index < -0.39 is 5.25 Å². The molecule has 0 aliphatic heterocycles. The summed E-state index contributed by atoms with van der Waals surface area (Å²) in [4.78, 5) is 24.3. The molecule has 1 aromatic heterocycles. The molecule has 1 N–H and O–H groups in total. The van der Waals surface area contributed by atoms with Crippen molar-refractivity contribution in [3.8, 4) is 11.4 Å². The van der Waals surface area contributed by atoms with E-state index in [-0.39, 0.29) is 18.3 Å². The van der Waals surface area contributed by atoms with Gasteiger partial charge in [-0.15, -0.1) is 10.2 Å². The Balaban J connectivity index is 1.51. The summed E-state index contributed by atoms with van der Waals surface area (Å²) >= 11 is 1.31. The molecule has 4 aromatic rings. The lowest BCUT2D eigenvalue weighted by atomic mass is 10.1. The van der Waals surface area contributed by atoms with Gasteiger partial charge in [-0.1, -0.05) is 42.1 Å². The minimum absolute atomic E-state index is 0.0192. The van der Waals surface area contributed by atoms with Crippen LogP contribution in [0.15, 0.2) is 84.0 Å². The molecule has 8 heteroatoms. The van der Waals surface area contributed by atoms with E-state index in [0.29, 0.717) is 22.2 Å². The molecule has 35 heavy (non-hydrogen) atoms. The van der Waals surface area contributed by atoms with Crippen LogP contribution in [-0.4, -0.2) is 31.7 Å². The number of rotatable bonds is 9. The summed E-state index contributed by atoms with van der Waals surface area (Å²) in [6.07, 6.45) is 0. The Hall–Kier alpha value is -3.91. The van der Waals surface area contributed by atoms with Gasteiger partial charge in [0.25, 0.3) is 0 Å². The van der Waals surface area contributed by atoms with Crippen LogP contribution in [0.5, 0.6) is 5.75 Å². The summed E-state index contributed by atoms with van der Waals surface area (Å²) in [5.74, 6) is 1.19. The molecule has 0 radical (unpaired) electrons. The maximum atomic E-state index is 12.9. The molecule has 0 aliphatic carbocycles. The molecule has 0 spiro atoms. The van der Waals surface area contributed by atoms with Gasteiger partial charge in [0.15, 0.2) is 16.8 Å². The number of Topliss-reactive ketones (excluding diaryl/α,β-unsaturated/α-hetero) is 1. The van der Waals surface area contributed by atoms with Gasteiger partial charge in [-0.25, -0.2) is 0 Å². The normalized spacial score (nSPS) is 11.6. The largest absolute Gasteiger partial charge is 0.486 e. The number of anilines is 1. The summed E-state index contributed by atoms with van der Waals surface area (Å²) in [5.41, 5.74) is 3.22. The molecule has 0 unspecified atom stereocenters. The molecular formula is C27H26N4O3S. The van der Waals surface area contributed by atoms with Gasteiger partial charge in [0, 0.05) is 16.9 Å². The number of aryl methyl sites for hydroxylation is 1. The Bertz CT molecular complexity index is 1320. The molecule has 3 aromatic carbocycles. The van der Waals surface area contributed by atoms with E-state index in [4.69, 9.17) is 4.74 Å². The average molecular weight is 487 g/mol. The number of carbonyl (C=O) groups is 2. The van der Waals surface area contributed by atoms with Gasteiger partial charge >= 0.3 is 0 Å². The van der Waals surface area contributed by atoms with Crippen LogP contribution >= 0.6 is 11.8 Å². The van der Waals surface area contributed by atoms with E-state index in [1.807, 2.05) is 73.0 Å². The molecule has 0 saturated carbocycles. The zero-order chi connectivity index (χ0) is 24.8. The zero-order valence-corrected chi connectivity index (χ0v) is 20.6. The maximum Gasteiger partial charge on any atom is 0.237 e. The minimum Gasteiger partial charge on any atom is -0.486 e. The lowest BCUT2D eigenvalue weighted by Gasteiger charge is -2.14. The van der Waals surface area contributed by atoms with Crippen LogP contribution in [0.3, 0.4) is 0 Å². The monoisotopic (exact) mass is 486 g/mol. The molecule has 0 bridgehead atoms. The second-order valence-electron chi connectivity index (χ2n) is 8.06. The third kappa shape index (κ3) is 6.16. The van der Waals surface area contributed by atoms with Crippen molar-refractivity contribution in [2.75, 3.05) is 5.32 Å². The Labute approximate surface area is 208 Å². The van der Waals surface area contributed by atoms with Gasteiger partial charge in [-0.2, -0.15) is 0 Å². The van der Waals surface area contributed by atoms with Crippen LogP contribution in [0.25, 0.3) is 5.69 Å². The fourth-order valence-corrected chi connectivity index (χ4v) is 4.29. The lowest BCUT2D eigenvalue weighted by Crippen LogP contribution is -2.23. The number of hydrogen-bond acceptors (Lipinski definition) is 6. The lowest BCUT2D eigenvalue weighted by molar-refractivity contribution is -0.115. The number of ketones is 1. The van der Waals surface area contributed by atoms with Gasteiger partial charge in [-0.3, -0.25) is 14.2 Å². The summed E-state index contributed by atoms with van der Waals surface area (Å²) in [6.45, 7) is 5.57. The van der Waals surface area contributed by atoms with Crippen molar-refractivity contribution in [3.63, 3.8) is 0 Å². The van der Waals surface area contributed by atoms with Crippen molar-refractivity contribution in [1.82, 2.24) is 14.8 Å². The number of aromatic nitrogens is 3. The molecule has 7 nitrogen and oxygen atoms in total. The molecule has 0 aliphatic rings.